The molecule has 0 amide bonds. The van der Waals surface area contributed by atoms with Gasteiger partial charge in [-0.15, -0.1) is 0 Å². The van der Waals surface area contributed by atoms with E-state index in [1.54, 1.807) is 0 Å². The molecule has 0 fully saturated rings. The first kappa shape index (κ1) is 20.8. The van der Waals surface area contributed by atoms with E-state index in [-0.39, 0.29) is 13.2 Å². The number of aliphatic hydroxyl groups is 3. The van der Waals surface area contributed by atoms with Crippen molar-refractivity contribution in [2.75, 3.05) is 32.8 Å². The third-order valence-corrected chi connectivity index (χ3v) is 3.92. The lowest BCUT2D eigenvalue weighted by molar-refractivity contribution is 0.0530. The summed E-state index contributed by atoms with van der Waals surface area (Å²) in [5.41, 5.74) is 0. The molecule has 0 aliphatic carbocycles. The Labute approximate surface area is 131 Å². The second-order valence-corrected chi connectivity index (χ2v) is 6.04. The molecule has 128 valence electrons. The van der Waals surface area contributed by atoms with Crippen LogP contribution >= 0.6 is 0 Å². The Hall–Kier alpha value is -0.160. The molecule has 0 bridgehead atoms. The van der Waals surface area contributed by atoms with Crippen LogP contribution in [0, 0.1) is 0 Å². The topological polar surface area (TPSA) is 63.9 Å². The first-order chi connectivity index (χ1) is 10.2. The Kier molecular flexibility index (Phi) is 16.1. The van der Waals surface area contributed by atoms with Crippen molar-refractivity contribution in [3.05, 3.63) is 0 Å². The van der Waals surface area contributed by atoms with Crippen LogP contribution in [0.4, 0.5) is 0 Å². The van der Waals surface area contributed by atoms with Gasteiger partial charge in [-0.1, -0.05) is 64.7 Å². The highest BCUT2D eigenvalue weighted by Crippen LogP contribution is 2.10. The van der Waals surface area contributed by atoms with Crippen molar-refractivity contribution in [1.29, 1.82) is 0 Å². The van der Waals surface area contributed by atoms with Crippen LogP contribution in [0.25, 0.3) is 0 Å². The second kappa shape index (κ2) is 16.2. The van der Waals surface area contributed by atoms with Crippen molar-refractivity contribution in [3.8, 4) is 0 Å². The van der Waals surface area contributed by atoms with Gasteiger partial charge in [0.05, 0.1) is 19.3 Å². The van der Waals surface area contributed by atoms with E-state index in [2.05, 4.69) is 6.92 Å². The maximum atomic E-state index is 9.44. The molecule has 0 saturated carbocycles. The first-order valence-electron chi connectivity index (χ1n) is 8.86. The summed E-state index contributed by atoms with van der Waals surface area (Å²) < 4.78 is 0. The van der Waals surface area contributed by atoms with E-state index in [0.717, 1.165) is 13.0 Å². The molecule has 0 spiro atoms. The zero-order chi connectivity index (χ0) is 15.8. The summed E-state index contributed by atoms with van der Waals surface area (Å²) in [4.78, 5) is 2.03. The quantitative estimate of drug-likeness (QED) is 0.383. The third kappa shape index (κ3) is 14.5. The maximum Gasteiger partial charge on any atom is 0.0897 e. The van der Waals surface area contributed by atoms with Gasteiger partial charge in [-0.2, -0.15) is 0 Å². The molecular formula is C17H37NO3. The van der Waals surface area contributed by atoms with Crippen LogP contribution in [-0.2, 0) is 0 Å². The minimum Gasteiger partial charge on any atom is -0.395 e. The Morgan fingerprint density at radius 3 is 1.76 bits per heavy atom. The largest absolute Gasteiger partial charge is 0.395 e. The van der Waals surface area contributed by atoms with Crippen LogP contribution in [0.15, 0.2) is 0 Å². The second-order valence-electron chi connectivity index (χ2n) is 6.04. The highest BCUT2D eigenvalue weighted by Gasteiger charge is 2.09. The van der Waals surface area contributed by atoms with Crippen LogP contribution in [0.2, 0.25) is 0 Å². The summed E-state index contributed by atoms with van der Waals surface area (Å²) >= 11 is 0. The zero-order valence-corrected chi connectivity index (χ0v) is 14.0. The molecule has 1 unspecified atom stereocenters. The van der Waals surface area contributed by atoms with E-state index < -0.39 is 6.10 Å². The molecule has 0 aromatic rings. The molecule has 3 N–H and O–H groups in total. The molecule has 0 saturated heterocycles. The Bertz CT molecular complexity index is 202. The van der Waals surface area contributed by atoms with Crippen molar-refractivity contribution >= 4 is 0 Å². The molecule has 0 rings (SSSR count). The van der Waals surface area contributed by atoms with Gasteiger partial charge in [-0.3, -0.25) is 4.90 Å². The van der Waals surface area contributed by atoms with Crippen LogP contribution in [0.3, 0.4) is 0 Å². The van der Waals surface area contributed by atoms with Gasteiger partial charge in [0.2, 0.25) is 0 Å². The monoisotopic (exact) mass is 303 g/mol. The van der Waals surface area contributed by atoms with Gasteiger partial charge in [0.15, 0.2) is 0 Å². The SMILES string of the molecule is CCCCCCCCCCCCN(CCO)CC(O)CO. The minimum absolute atomic E-state index is 0.107. The van der Waals surface area contributed by atoms with E-state index in [0.29, 0.717) is 13.1 Å². The van der Waals surface area contributed by atoms with Gasteiger partial charge >= 0.3 is 0 Å². The van der Waals surface area contributed by atoms with E-state index in [4.69, 9.17) is 10.2 Å². The molecule has 1 atom stereocenters. The van der Waals surface area contributed by atoms with Gasteiger partial charge in [-0.05, 0) is 13.0 Å². The maximum absolute atomic E-state index is 9.44. The summed E-state index contributed by atoms with van der Waals surface area (Å²) in [6.07, 6.45) is 12.4. The fourth-order valence-corrected chi connectivity index (χ4v) is 2.61. The molecule has 0 radical (unpaired) electrons. The van der Waals surface area contributed by atoms with E-state index in [1.807, 2.05) is 4.90 Å². The van der Waals surface area contributed by atoms with Gasteiger partial charge < -0.3 is 15.3 Å². The molecule has 4 heteroatoms. The van der Waals surface area contributed by atoms with Gasteiger partial charge in [0, 0.05) is 13.1 Å². The van der Waals surface area contributed by atoms with Crippen molar-refractivity contribution in [1.82, 2.24) is 4.90 Å². The van der Waals surface area contributed by atoms with Crippen molar-refractivity contribution < 1.29 is 15.3 Å². The van der Waals surface area contributed by atoms with Crippen LogP contribution in [0.1, 0.15) is 71.1 Å². The summed E-state index contributed by atoms with van der Waals surface area (Å²) in [7, 11) is 0. The molecule has 21 heavy (non-hydrogen) atoms. The van der Waals surface area contributed by atoms with E-state index in [1.165, 1.54) is 57.8 Å². The summed E-state index contributed by atoms with van der Waals surface area (Å²) in [5, 5.41) is 27.3. The normalized spacial score (nSPS) is 13.0. The Morgan fingerprint density at radius 1 is 0.762 bits per heavy atom. The molecule has 0 aliphatic heterocycles. The predicted molar refractivity (Wildman–Crippen MR) is 88.5 cm³/mol. The lowest BCUT2D eigenvalue weighted by atomic mass is 10.1. The molecular weight excluding hydrogens is 266 g/mol. The third-order valence-electron chi connectivity index (χ3n) is 3.92. The predicted octanol–water partition coefficient (Wildman–Crippen LogP) is 2.55. The van der Waals surface area contributed by atoms with Gasteiger partial charge in [-0.25, -0.2) is 0 Å². The summed E-state index contributed by atoms with van der Waals surface area (Å²) in [6, 6.07) is 0. The smallest absolute Gasteiger partial charge is 0.0897 e. The molecule has 0 aliphatic rings. The molecule has 0 aromatic heterocycles. The number of hydrogen-bond acceptors (Lipinski definition) is 4. The van der Waals surface area contributed by atoms with Gasteiger partial charge in [0.1, 0.15) is 0 Å². The Morgan fingerprint density at radius 2 is 1.29 bits per heavy atom. The molecule has 4 nitrogen and oxygen atoms in total. The average molecular weight is 303 g/mol. The fourth-order valence-electron chi connectivity index (χ4n) is 2.61. The van der Waals surface area contributed by atoms with E-state index in [9.17, 15) is 5.11 Å². The zero-order valence-electron chi connectivity index (χ0n) is 14.0. The van der Waals surface area contributed by atoms with Crippen molar-refractivity contribution in [2.24, 2.45) is 0 Å². The van der Waals surface area contributed by atoms with E-state index >= 15 is 0 Å². The fraction of sp³-hybridized carbons (Fsp3) is 1.00. The number of hydrogen-bond donors (Lipinski definition) is 3. The van der Waals surface area contributed by atoms with Crippen molar-refractivity contribution in [3.63, 3.8) is 0 Å². The summed E-state index contributed by atoms with van der Waals surface area (Å²) in [5.74, 6) is 0. The lowest BCUT2D eigenvalue weighted by Gasteiger charge is -2.23. The molecule has 0 aromatic carbocycles. The highest BCUT2D eigenvalue weighted by molar-refractivity contribution is 4.63. The number of rotatable bonds is 16. The standard InChI is InChI=1S/C17H37NO3/c1-2-3-4-5-6-7-8-9-10-11-12-18(13-14-19)15-17(21)16-20/h17,19-21H,2-16H2,1H3. The first-order valence-corrected chi connectivity index (χ1v) is 8.86. The van der Waals surface area contributed by atoms with Crippen LogP contribution in [0.5, 0.6) is 0 Å². The average Bonchev–Trinajstić information content (AvgIpc) is 2.49. The lowest BCUT2D eigenvalue weighted by Crippen LogP contribution is -2.36. The number of unbranched alkanes of at least 4 members (excludes halogenated alkanes) is 9. The van der Waals surface area contributed by atoms with Crippen molar-refractivity contribution in [2.45, 2.75) is 77.2 Å². The highest BCUT2D eigenvalue weighted by atomic mass is 16.3. The number of nitrogens with zero attached hydrogens (tertiary/aromatic N) is 1. The number of aliphatic hydroxyl groups excluding tert-OH is 3. The van der Waals surface area contributed by atoms with Crippen LogP contribution in [-0.4, -0.2) is 59.2 Å². The summed E-state index contributed by atoms with van der Waals surface area (Å²) in [6.45, 7) is 4.08. The van der Waals surface area contributed by atoms with Crippen LogP contribution < -0.4 is 0 Å². The Balaban J connectivity index is 3.41. The molecule has 0 heterocycles. The van der Waals surface area contributed by atoms with Gasteiger partial charge in [0.25, 0.3) is 0 Å². The minimum atomic E-state index is -0.695.